The largest absolute Gasteiger partial charge is 0.348 e. The molecule has 0 aliphatic heterocycles. The Morgan fingerprint density at radius 1 is 1.07 bits per heavy atom. The number of nitrogens with zero attached hydrogens (tertiary/aromatic N) is 3. The highest BCUT2D eigenvalue weighted by molar-refractivity contribution is 7.92. The predicted molar refractivity (Wildman–Crippen MR) is 102 cm³/mol. The van der Waals surface area contributed by atoms with Crippen molar-refractivity contribution in [1.29, 1.82) is 0 Å². The number of hydrogen-bond donors (Lipinski definition) is 2. The highest BCUT2D eigenvalue weighted by Crippen LogP contribution is 2.16. The van der Waals surface area contributed by atoms with E-state index in [1.165, 1.54) is 6.33 Å². The van der Waals surface area contributed by atoms with Crippen LogP contribution < -0.4 is 10.0 Å². The Bertz CT molecular complexity index is 1020. The molecule has 0 atom stereocenters. The Hall–Kier alpha value is -3.20. The smallest absolute Gasteiger partial charge is 0.253 e. The minimum Gasteiger partial charge on any atom is -0.348 e. The number of hydrogen-bond acceptors (Lipinski definition) is 5. The van der Waals surface area contributed by atoms with Crippen molar-refractivity contribution in [2.45, 2.75) is 13.1 Å². The topological polar surface area (TPSA) is 106 Å². The highest BCUT2D eigenvalue weighted by atomic mass is 32.2. The summed E-state index contributed by atoms with van der Waals surface area (Å²) >= 11 is 0. The summed E-state index contributed by atoms with van der Waals surface area (Å²) in [4.78, 5) is 16.3. The number of para-hydroxylation sites is 1. The molecule has 0 aliphatic carbocycles. The van der Waals surface area contributed by atoms with E-state index in [0.717, 1.165) is 17.4 Å². The molecule has 1 aromatic heterocycles. The molecule has 0 spiro atoms. The molecule has 8 nitrogen and oxygen atoms in total. The van der Waals surface area contributed by atoms with Gasteiger partial charge in [0.15, 0.2) is 0 Å². The van der Waals surface area contributed by atoms with Crippen LogP contribution in [0, 0.1) is 0 Å². The van der Waals surface area contributed by atoms with Crippen molar-refractivity contribution >= 4 is 21.6 Å². The Labute approximate surface area is 157 Å². The number of rotatable bonds is 7. The summed E-state index contributed by atoms with van der Waals surface area (Å²) in [6.07, 6.45) is 4.18. The van der Waals surface area contributed by atoms with Crippen molar-refractivity contribution in [1.82, 2.24) is 20.1 Å². The van der Waals surface area contributed by atoms with Gasteiger partial charge in [-0.05, 0) is 23.3 Å². The van der Waals surface area contributed by atoms with Crippen molar-refractivity contribution in [3.05, 3.63) is 77.9 Å². The first kappa shape index (κ1) is 18.6. The van der Waals surface area contributed by atoms with E-state index in [0.29, 0.717) is 13.1 Å². The highest BCUT2D eigenvalue weighted by Gasteiger charge is 2.13. The average Bonchev–Trinajstić information content (AvgIpc) is 3.13. The molecule has 2 aromatic carbocycles. The molecule has 1 amide bonds. The van der Waals surface area contributed by atoms with Crippen molar-refractivity contribution in [3.63, 3.8) is 0 Å². The summed E-state index contributed by atoms with van der Waals surface area (Å²) in [7, 11) is -3.47. The van der Waals surface area contributed by atoms with Crippen molar-refractivity contribution in [3.8, 4) is 0 Å². The molecule has 0 fully saturated rings. The molecule has 3 aromatic rings. The maximum Gasteiger partial charge on any atom is 0.253 e. The molecule has 2 N–H and O–H groups in total. The zero-order valence-electron chi connectivity index (χ0n) is 14.7. The number of amides is 1. The molecular weight excluding hydrogens is 366 g/mol. The molecule has 9 heteroatoms. The predicted octanol–water partition coefficient (Wildman–Crippen LogP) is 1.63. The Morgan fingerprint density at radius 3 is 2.44 bits per heavy atom. The molecule has 27 heavy (non-hydrogen) atoms. The number of aromatic nitrogens is 3. The third kappa shape index (κ3) is 5.38. The number of carbonyl (C=O) groups is 1. The van der Waals surface area contributed by atoms with Crippen LogP contribution in [0.25, 0.3) is 0 Å². The minimum atomic E-state index is -3.47. The van der Waals surface area contributed by atoms with E-state index in [9.17, 15) is 13.2 Å². The molecular formula is C18H19N5O3S. The van der Waals surface area contributed by atoms with E-state index in [1.54, 1.807) is 35.3 Å². The summed E-state index contributed by atoms with van der Waals surface area (Å²) in [5, 5.41) is 6.87. The first-order valence-corrected chi connectivity index (χ1v) is 10.0. The molecule has 140 valence electrons. The van der Waals surface area contributed by atoms with Crippen LogP contribution in [-0.4, -0.2) is 35.3 Å². The quantitative estimate of drug-likeness (QED) is 0.643. The Balaban J connectivity index is 1.62. The fourth-order valence-corrected chi connectivity index (χ4v) is 3.09. The molecule has 0 radical (unpaired) electrons. The number of anilines is 1. The van der Waals surface area contributed by atoms with Crippen molar-refractivity contribution < 1.29 is 13.2 Å². The third-order valence-corrected chi connectivity index (χ3v) is 4.34. The van der Waals surface area contributed by atoms with E-state index < -0.39 is 10.0 Å². The van der Waals surface area contributed by atoms with Crippen LogP contribution in [0.15, 0.2) is 61.2 Å². The van der Waals surface area contributed by atoms with Gasteiger partial charge in [0.05, 0.1) is 24.1 Å². The third-order valence-electron chi connectivity index (χ3n) is 3.75. The van der Waals surface area contributed by atoms with Crippen LogP contribution in [0.1, 0.15) is 21.5 Å². The number of sulfonamides is 1. The monoisotopic (exact) mass is 385 g/mol. The first-order valence-electron chi connectivity index (χ1n) is 8.16. The molecule has 0 saturated heterocycles. The van der Waals surface area contributed by atoms with Gasteiger partial charge in [-0.3, -0.25) is 9.52 Å². The summed E-state index contributed by atoms with van der Waals surface area (Å²) < 4.78 is 27.0. The molecule has 0 aliphatic rings. The SMILES string of the molecule is CS(=O)(=O)Nc1ccccc1C(=O)NCc1ccc(Cn2cncn2)cc1. The van der Waals surface area contributed by atoms with Gasteiger partial charge in [0.2, 0.25) is 10.0 Å². The van der Waals surface area contributed by atoms with E-state index in [1.807, 2.05) is 24.3 Å². The lowest BCUT2D eigenvalue weighted by atomic mass is 10.1. The van der Waals surface area contributed by atoms with Crippen LogP contribution in [0.3, 0.4) is 0 Å². The summed E-state index contributed by atoms with van der Waals surface area (Å²) in [6, 6.07) is 14.2. The van der Waals surface area contributed by atoms with Gasteiger partial charge in [-0.2, -0.15) is 5.10 Å². The minimum absolute atomic E-state index is 0.251. The summed E-state index contributed by atoms with van der Waals surface area (Å²) in [5.74, 6) is -0.353. The van der Waals surface area contributed by atoms with Gasteiger partial charge >= 0.3 is 0 Å². The molecule has 0 unspecified atom stereocenters. The second-order valence-electron chi connectivity index (χ2n) is 6.01. The molecule has 3 rings (SSSR count). The van der Waals surface area contributed by atoms with E-state index in [4.69, 9.17) is 0 Å². The molecule has 1 heterocycles. The molecule has 0 bridgehead atoms. The van der Waals surface area contributed by atoms with E-state index in [-0.39, 0.29) is 17.2 Å². The van der Waals surface area contributed by atoms with Crippen LogP contribution in [0.2, 0.25) is 0 Å². The average molecular weight is 385 g/mol. The maximum atomic E-state index is 12.4. The van der Waals surface area contributed by atoms with Gasteiger partial charge < -0.3 is 5.32 Å². The normalized spacial score (nSPS) is 11.1. The summed E-state index contributed by atoms with van der Waals surface area (Å²) in [6.45, 7) is 0.951. The van der Waals surface area contributed by atoms with E-state index >= 15 is 0 Å². The standard InChI is InChI=1S/C18H19N5O3S/c1-27(25,26)22-17-5-3-2-4-16(17)18(24)20-10-14-6-8-15(9-7-14)11-23-13-19-12-21-23/h2-9,12-13,22H,10-11H2,1H3,(H,20,24). The van der Waals surface area contributed by atoms with Gasteiger partial charge in [0, 0.05) is 6.54 Å². The lowest BCUT2D eigenvalue weighted by Crippen LogP contribution is -2.24. The van der Waals surface area contributed by atoms with Crippen LogP contribution >= 0.6 is 0 Å². The number of nitrogens with one attached hydrogen (secondary N) is 2. The Morgan fingerprint density at radius 2 is 1.78 bits per heavy atom. The van der Waals surface area contributed by atoms with Gasteiger partial charge in [0.25, 0.3) is 5.91 Å². The summed E-state index contributed by atoms with van der Waals surface area (Å²) in [5.41, 5.74) is 2.52. The van der Waals surface area contributed by atoms with Crippen molar-refractivity contribution in [2.24, 2.45) is 0 Å². The molecule has 0 saturated carbocycles. The lowest BCUT2D eigenvalue weighted by molar-refractivity contribution is 0.0952. The zero-order chi connectivity index (χ0) is 19.3. The van der Waals surface area contributed by atoms with Gasteiger partial charge in [0.1, 0.15) is 12.7 Å². The van der Waals surface area contributed by atoms with Gasteiger partial charge in [-0.1, -0.05) is 36.4 Å². The first-order chi connectivity index (χ1) is 12.9. The Kier molecular flexibility index (Phi) is 5.51. The van der Waals surface area contributed by atoms with Crippen molar-refractivity contribution in [2.75, 3.05) is 11.0 Å². The second-order valence-corrected chi connectivity index (χ2v) is 7.76. The van der Waals surface area contributed by atoms with Crippen LogP contribution in [0.4, 0.5) is 5.69 Å². The van der Waals surface area contributed by atoms with Crippen LogP contribution in [0.5, 0.6) is 0 Å². The van der Waals surface area contributed by atoms with E-state index in [2.05, 4.69) is 20.1 Å². The second kappa shape index (κ2) is 8.00. The maximum absolute atomic E-state index is 12.4. The zero-order valence-corrected chi connectivity index (χ0v) is 15.5. The van der Waals surface area contributed by atoms with Gasteiger partial charge in [-0.25, -0.2) is 18.1 Å². The van der Waals surface area contributed by atoms with Crippen LogP contribution in [-0.2, 0) is 23.1 Å². The van der Waals surface area contributed by atoms with Gasteiger partial charge in [-0.15, -0.1) is 0 Å². The number of benzene rings is 2. The fraction of sp³-hybridized carbons (Fsp3) is 0.167. The number of carbonyl (C=O) groups excluding carboxylic acids is 1. The lowest BCUT2D eigenvalue weighted by Gasteiger charge is -2.11. The fourth-order valence-electron chi connectivity index (χ4n) is 2.51.